The van der Waals surface area contributed by atoms with E-state index in [4.69, 9.17) is 10.5 Å². The van der Waals surface area contributed by atoms with Gasteiger partial charge in [0.15, 0.2) is 0 Å². The number of benzene rings is 1. The second-order valence-corrected chi connectivity index (χ2v) is 9.80. The molecule has 0 radical (unpaired) electrons. The zero-order chi connectivity index (χ0) is 25.0. The molecule has 0 amide bonds. The van der Waals surface area contributed by atoms with Gasteiger partial charge in [-0.05, 0) is 89.0 Å². The molecule has 7 nitrogen and oxygen atoms in total. The van der Waals surface area contributed by atoms with Crippen LogP contribution in [-0.4, -0.2) is 69.1 Å². The number of hydrogen-bond donors (Lipinski definition) is 2. The Kier molecular flexibility index (Phi) is 11.0. The number of rotatable bonds is 9. The van der Waals surface area contributed by atoms with Crippen LogP contribution in [0.15, 0.2) is 51.5 Å². The van der Waals surface area contributed by atoms with Crippen molar-refractivity contribution in [2.45, 2.75) is 59.5 Å². The monoisotopic (exact) mass is 480 g/mol. The second kappa shape index (κ2) is 14.2. The highest BCUT2D eigenvalue weighted by Crippen LogP contribution is 2.29. The van der Waals surface area contributed by atoms with Gasteiger partial charge in [0.25, 0.3) is 0 Å². The predicted octanol–water partition coefficient (Wildman–Crippen LogP) is 4.42. The highest BCUT2D eigenvalue weighted by atomic mass is 16.5. The maximum Gasteiger partial charge on any atom is 0.220 e. The lowest BCUT2D eigenvalue weighted by Crippen LogP contribution is -2.42. The van der Waals surface area contributed by atoms with Gasteiger partial charge in [0, 0.05) is 37.6 Å². The summed E-state index contributed by atoms with van der Waals surface area (Å²) in [6, 6.07) is 7.06. The Bertz CT molecular complexity index is 917. The summed E-state index contributed by atoms with van der Waals surface area (Å²) in [7, 11) is 0. The first-order chi connectivity index (χ1) is 16.9. The molecule has 2 fully saturated rings. The Labute approximate surface area is 211 Å². The normalized spacial score (nSPS) is 18.9. The highest BCUT2D eigenvalue weighted by Gasteiger charge is 2.21. The SMILES string of the molecule is CCCNC1CCN(Cc2cc(N=C(N)/N=C/C(C)=C/C=C(C)C)ccc2N2CCOCC2)CC1. The van der Waals surface area contributed by atoms with Crippen molar-refractivity contribution in [1.29, 1.82) is 0 Å². The molecule has 3 rings (SSSR count). The predicted molar refractivity (Wildman–Crippen MR) is 149 cm³/mol. The number of guanidine groups is 1. The van der Waals surface area contributed by atoms with E-state index < -0.39 is 0 Å². The molecule has 35 heavy (non-hydrogen) atoms. The molecule has 1 aromatic rings. The van der Waals surface area contributed by atoms with E-state index in [2.05, 4.69) is 64.1 Å². The minimum atomic E-state index is 0.267. The molecule has 2 aliphatic heterocycles. The third-order valence-electron chi connectivity index (χ3n) is 6.40. The average molecular weight is 481 g/mol. The number of nitrogens with zero attached hydrogens (tertiary/aromatic N) is 4. The lowest BCUT2D eigenvalue weighted by atomic mass is 10.0. The summed E-state index contributed by atoms with van der Waals surface area (Å²) >= 11 is 0. The van der Waals surface area contributed by atoms with Crippen molar-refractivity contribution >= 4 is 23.5 Å². The van der Waals surface area contributed by atoms with Crippen LogP contribution in [0.2, 0.25) is 0 Å². The first-order valence-corrected chi connectivity index (χ1v) is 13.1. The molecule has 0 bridgehead atoms. The van der Waals surface area contributed by atoms with E-state index in [1.165, 1.54) is 36.1 Å². The summed E-state index contributed by atoms with van der Waals surface area (Å²) in [6.45, 7) is 16.0. The molecular weight excluding hydrogens is 436 g/mol. The van der Waals surface area contributed by atoms with E-state index in [0.29, 0.717) is 6.04 Å². The van der Waals surface area contributed by atoms with Gasteiger partial charge in [-0.2, -0.15) is 0 Å². The van der Waals surface area contributed by atoms with Crippen LogP contribution in [0.5, 0.6) is 0 Å². The van der Waals surface area contributed by atoms with Gasteiger partial charge in [0.1, 0.15) is 0 Å². The first-order valence-electron chi connectivity index (χ1n) is 13.1. The third-order valence-corrected chi connectivity index (χ3v) is 6.40. The molecule has 0 aromatic heterocycles. The van der Waals surface area contributed by atoms with Crippen molar-refractivity contribution in [2.24, 2.45) is 15.7 Å². The van der Waals surface area contributed by atoms with Gasteiger partial charge in [-0.1, -0.05) is 24.6 Å². The maximum absolute atomic E-state index is 6.15. The Balaban J connectivity index is 1.74. The fraction of sp³-hybridized carbons (Fsp3) is 0.571. The molecule has 0 atom stereocenters. The van der Waals surface area contributed by atoms with E-state index in [1.807, 2.05) is 19.1 Å². The van der Waals surface area contributed by atoms with Crippen molar-refractivity contribution in [3.05, 3.63) is 47.1 Å². The Morgan fingerprint density at radius 3 is 2.54 bits per heavy atom. The van der Waals surface area contributed by atoms with E-state index in [-0.39, 0.29) is 5.96 Å². The molecule has 0 unspecified atom stereocenters. The van der Waals surface area contributed by atoms with E-state index in [9.17, 15) is 0 Å². The smallest absolute Gasteiger partial charge is 0.220 e. The molecule has 2 saturated heterocycles. The Hall–Kier alpha value is -2.48. The van der Waals surface area contributed by atoms with E-state index >= 15 is 0 Å². The average Bonchev–Trinajstić information content (AvgIpc) is 2.86. The van der Waals surface area contributed by atoms with Crippen LogP contribution in [0.4, 0.5) is 11.4 Å². The van der Waals surface area contributed by atoms with Crippen molar-refractivity contribution < 1.29 is 4.74 Å². The number of aliphatic imine (C=N–C) groups is 2. The summed E-state index contributed by atoms with van der Waals surface area (Å²) in [4.78, 5) is 13.9. The van der Waals surface area contributed by atoms with Gasteiger partial charge in [0.05, 0.1) is 18.9 Å². The number of allylic oxidation sites excluding steroid dienone is 4. The van der Waals surface area contributed by atoms with Gasteiger partial charge >= 0.3 is 0 Å². The number of morpholine rings is 1. The topological polar surface area (TPSA) is 78.5 Å². The van der Waals surface area contributed by atoms with E-state index in [1.54, 1.807) is 6.21 Å². The zero-order valence-electron chi connectivity index (χ0n) is 22.1. The minimum absolute atomic E-state index is 0.267. The Morgan fingerprint density at radius 2 is 1.86 bits per heavy atom. The van der Waals surface area contributed by atoms with Crippen LogP contribution >= 0.6 is 0 Å². The summed E-state index contributed by atoms with van der Waals surface area (Å²) in [5.74, 6) is 0.267. The standard InChI is InChI=1S/C28H44N6O/c1-5-12-30-25-10-13-33(14-11-25)21-24-19-26(8-9-27(24)34-15-17-35-18-16-34)32-28(29)31-20-23(4)7-6-22(2)3/h6-9,19-20,25,30H,5,10-18,21H2,1-4H3,(H2,29,32)/b23-7+,31-20+. The second-order valence-electron chi connectivity index (χ2n) is 9.80. The number of piperidine rings is 1. The molecule has 2 heterocycles. The van der Waals surface area contributed by atoms with Gasteiger partial charge in [0.2, 0.25) is 5.96 Å². The molecule has 3 N–H and O–H groups in total. The van der Waals surface area contributed by atoms with Gasteiger partial charge < -0.3 is 20.7 Å². The van der Waals surface area contributed by atoms with Crippen LogP contribution in [0.25, 0.3) is 0 Å². The van der Waals surface area contributed by atoms with Crippen molar-refractivity contribution in [1.82, 2.24) is 10.2 Å². The summed E-state index contributed by atoms with van der Waals surface area (Å²) in [5, 5.41) is 3.68. The van der Waals surface area contributed by atoms with Crippen LogP contribution in [0.3, 0.4) is 0 Å². The van der Waals surface area contributed by atoms with Gasteiger partial charge in [-0.3, -0.25) is 4.90 Å². The molecule has 2 aliphatic rings. The molecular formula is C28H44N6O. The van der Waals surface area contributed by atoms with E-state index in [0.717, 1.165) is 63.7 Å². The minimum Gasteiger partial charge on any atom is -0.378 e. The summed E-state index contributed by atoms with van der Waals surface area (Å²) in [6.07, 6.45) is 9.45. The fourth-order valence-electron chi connectivity index (χ4n) is 4.44. The van der Waals surface area contributed by atoms with Crippen molar-refractivity contribution in [3.63, 3.8) is 0 Å². The number of nitrogens with one attached hydrogen (secondary N) is 1. The van der Waals surface area contributed by atoms with Gasteiger partial charge in [-0.25, -0.2) is 9.98 Å². The van der Waals surface area contributed by atoms with Gasteiger partial charge in [-0.15, -0.1) is 0 Å². The molecule has 0 aliphatic carbocycles. The third kappa shape index (κ3) is 9.24. The lowest BCUT2D eigenvalue weighted by molar-refractivity contribution is 0.122. The summed E-state index contributed by atoms with van der Waals surface area (Å²) in [5.41, 5.74) is 11.8. The maximum atomic E-state index is 6.15. The van der Waals surface area contributed by atoms with Crippen molar-refractivity contribution in [3.8, 4) is 0 Å². The number of nitrogens with two attached hydrogens (primary N) is 1. The molecule has 192 valence electrons. The quantitative estimate of drug-likeness (QED) is 0.311. The Morgan fingerprint density at radius 1 is 1.11 bits per heavy atom. The van der Waals surface area contributed by atoms with Crippen LogP contribution in [-0.2, 0) is 11.3 Å². The largest absolute Gasteiger partial charge is 0.378 e. The fourth-order valence-corrected chi connectivity index (χ4v) is 4.44. The number of anilines is 1. The summed E-state index contributed by atoms with van der Waals surface area (Å²) < 4.78 is 5.59. The molecule has 1 aromatic carbocycles. The van der Waals surface area contributed by atoms with Crippen LogP contribution in [0.1, 0.15) is 52.5 Å². The molecule has 0 saturated carbocycles. The number of hydrogen-bond acceptors (Lipinski definition) is 5. The van der Waals surface area contributed by atoms with Crippen LogP contribution in [0, 0.1) is 0 Å². The zero-order valence-corrected chi connectivity index (χ0v) is 22.1. The lowest BCUT2D eigenvalue weighted by Gasteiger charge is -2.35. The number of likely N-dealkylation sites (tertiary alicyclic amines) is 1. The van der Waals surface area contributed by atoms with Crippen molar-refractivity contribution in [2.75, 3.05) is 50.8 Å². The highest BCUT2D eigenvalue weighted by molar-refractivity contribution is 5.93. The molecule has 0 spiro atoms. The molecule has 7 heteroatoms. The van der Waals surface area contributed by atoms with Crippen LogP contribution < -0.4 is 16.0 Å². The number of ether oxygens (including phenoxy) is 1. The first kappa shape index (κ1) is 27.1.